The third-order valence-electron chi connectivity index (χ3n) is 3.73. The second-order valence-electron chi connectivity index (χ2n) is 6.01. The number of benzene rings is 1. The molecule has 1 aromatic heterocycles. The molecule has 1 atom stereocenters. The van der Waals surface area contributed by atoms with Crippen molar-refractivity contribution in [3.8, 4) is 0 Å². The van der Waals surface area contributed by atoms with E-state index in [0.717, 1.165) is 16.9 Å². The molecule has 0 bridgehead atoms. The number of hydrogen-bond acceptors (Lipinski definition) is 5. The molecule has 0 amide bonds. The predicted octanol–water partition coefficient (Wildman–Crippen LogP) is 3.25. The lowest BCUT2D eigenvalue weighted by atomic mass is 10.2. The summed E-state index contributed by atoms with van der Waals surface area (Å²) in [7, 11) is -1.64. The van der Waals surface area contributed by atoms with Crippen LogP contribution in [0.5, 0.6) is 0 Å². The minimum atomic E-state index is -3.50. The van der Waals surface area contributed by atoms with E-state index in [-0.39, 0.29) is 40.5 Å². The molecule has 0 aliphatic rings. The number of aliphatic hydroxyl groups is 1. The fourth-order valence-electron chi connectivity index (χ4n) is 2.45. The third kappa shape index (κ3) is 7.51. The lowest BCUT2D eigenvalue weighted by molar-refractivity contribution is 0.205. The first-order valence-corrected chi connectivity index (χ1v) is 11.4. The molecule has 28 heavy (non-hydrogen) atoms. The highest BCUT2D eigenvalue weighted by atomic mass is 127. The van der Waals surface area contributed by atoms with Crippen molar-refractivity contribution in [3.63, 3.8) is 0 Å². The molecule has 156 valence electrons. The summed E-state index contributed by atoms with van der Waals surface area (Å²) in [6, 6.07) is 10.8. The molecule has 1 heterocycles. The van der Waals surface area contributed by atoms with Crippen LogP contribution in [0.3, 0.4) is 0 Å². The molecule has 10 heteroatoms. The van der Waals surface area contributed by atoms with Crippen molar-refractivity contribution in [1.29, 1.82) is 0 Å². The van der Waals surface area contributed by atoms with Gasteiger partial charge in [0.1, 0.15) is 4.21 Å². The van der Waals surface area contributed by atoms with Gasteiger partial charge in [-0.2, -0.15) is 0 Å². The molecule has 0 saturated heterocycles. The standard InChI is InChI=1S/C18H24ClN3O3S2.HI/c1-3-20-18(22(2)12-14-7-4-5-8-16(14)19)21-11-15(23)13-27(24,25)17-9-6-10-26-17;/h4-10,15,23H,3,11-13H2,1-2H3,(H,20,21);1H. The Morgan fingerprint density at radius 1 is 1.32 bits per heavy atom. The molecule has 2 aromatic rings. The van der Waals surface area contributed by atoms with Gasteiger partial charge >= 0.3 is 0 Å². The number of aliphatic hydroxyl groups excluding tert-OH is 1. The van der Waals surface area contributed by atoms with Gasteiger partial charge in [0.05, 0.1) is 18.4 Å². The minimum Gasteiger partial charge on any atom is -0.390 e. The van der Waals surface area contributed by atoms with Gasteiger partial charge in [-0.05, 0) is 30.0 Å². The summed E-state index contributed by atoms with van der Waals surface area (Å²) >= 11 is 7.35. The van der Waals surface area contributed by atoms with Crippen LogP contribution in [0.1, 0.15) is 12.5 Å². The smallest absolute Gasteiger partial charge is 0.194 e. The van der Waals surface area contributed by atoms with Gasteiger partial charge in [-0.3, -0.25) is 4.99 Å². The average molecular weight is 558 g/mol. The number of sulfone groups is 1. The first-order valence-electron chi connectivity index (χ1n) is 8.50. The van der Waals surface area contributed by atoms with E-state index in [0.29, 0.717) is 24.1 Å². The minimum absolute atomic E-state index is 0. The Balaban J connectivity index is 0.00000392. The number of rotatable bonds is 8. The van der Waals surface area contributed by atoms with Crippen LogP contribution in [0.25, 0.3) is 0 Å². The van der Waals surface area contributed by atoms with Gasteiger partial charge < -0.3 is 15.3 Å². The quantitative estimate of drug-likeness (QED) is 0.296. The zero-order chi connectivity index (χ0) is 19.9. The van der Waals surface area contributed by atoms with Crippen LogP contribution in [-0.2, 0) is 16.4 Å². The molecule has 1 aromatic carbocycles. The van der Waals surface area contributed by atoms with Crippen LogP contribution in [0.4, 0.5) is 0 Å². The van der Waals surface area contributed by atoms with Gasteiger partial charge in [0.25, 0.3) is 0 Å². The highest BCUT2D eigenvalue weighted by Gasteiger charge is 2.21. The van der Waals surface area contributed by atoms with E-state index in [9.17, 15) is 13.5 Å². The molecular weight excluding hydrogens is 533 g/mol. The topological polar surface area (TPSA) is 82.0 Å². The van der Waals surface area contributed by atoms with E-state index in [1.807, 2.05) is 43.1 Å². The zero-order valence-electron chi connectivity index (χ0n) is 15.7. The van der Waals surface area contributed by atoms with Crippen molar-refractivity contribution in [3.05, 3.63) is 52.4 Å². The molecule has 2 rings (SSSR count). The molecule has 0 aliphatic heterocycles. The third-order valence-corrected chi connectivity index (χ3v) is 7.38. The van der Waals surface area contributed by atoms with Crippen LogP contribution in [0.15, 0.2) is 51.0 Å². The van der Waals surface area contributed by atoms with Crippen LogP contribution in [-0.4, -0.2) is 56.4 Å². The van der Waals surface area contributed by atoms with Gasteiger partial charge in [-0.1, -0.05) is 35.9 Å². The second kappa shape index (κ2) is 12.0. The molecule has 0 radical (unpaired) electrons. The Hall–Kier alpha value is -0.880. The van der Waals surface area contributed by atoms with Crippen LogP contribution < -0.4 is 5.32 Å². The maximum absolute atomic E-state index is 12.2. The van der Waals surface area contributed by atoms with Gasteiger partial charge in [-0.25, -0.2) is 8.42 Å². The molecule has 1 unspecified atom stereocenters. The van der Waals surface area contributed by atoms with Crippen molar-refractivity contribution >= 4 is 62.7 Å². The summed E-state index contributed by atoms with van der Waals surface area (Å²) in [4.78, 5) is 6.26. The normalized spacial score (nSPS) is 12.9. The molecule has 6 nitrogen and oxygen atoms in total. The molecule has 0 saturated carbocycles. The second-order valence-corrected chi connectivity index (χ2v) is 9.63. The van der Waals surface area contributed by atoms with Crippen molar-refractivity contribution in [2.45, 2.75) is 23.8 Å². The van der Waals surface area contributed by atoms with Crippen LogP contribution in [0, 0.1) is 0 Å². The summed E-state index contributed by atoms with van der Waals surface area (Å²) in [5.74, 6) is 0.218. The number of thiophene rings is 1. The van der Waals surface area contributed by atoms with E-state index >= 15 is 0 Å². The van der Waals surface area contributed by atoms with Gasteiger partial charge in [0.15, 0.2) is 15.8 Å². The number of guanidine groups is 1. The van der Waals surface area contributed by atoms with Gasteiger partial charge in [0.2, 0.25) is 0 Å². The Morgan fingerprint density at radius 2 is 2.04 bits per heavy atom. The van der Waals surface area contributed by atoms with E-state index < -0.39 is 15.9 Å². The summed E-state index contributed by atoms with van der Waals surface area (Å²) < 4.78 is 24.8. The van der Waals surface area contributed by atoms with Crippen molar-refractivity contribution in [2.75, 3.05) is 25.9 Å². The average Bonchev–Trinajstić information content (AvgIpc) is 3.16. The largest absolute Gasteiger partial charge is 0.390 e. The fourth-order valence-corrected chi connectivity index (χ4v) is 5.11. The first-order chi connectivity index (χ1) is 12.8. The molecule has 2 N–H and O–H groups in total. The number of halogens is 2. The predicted molar refractivity (Wildman–Crippen MR) is 127 cm³/mol. The lowest BCUT2D eigenvalue weighted by Crippen LogP contribution is -2.39. The van der Waals surface area contributed by atoms with E-state index in [4.69, 9.17) is 11.6 Å². The number of hydrogen-bond donors (Lipinski definition) is 2. The maximum atomic E-state index is 12.2. The van der Waals surface area contributed by atoms with Crippen molar-refractivity contribution < 1.29 is 13.5 Å². The summed E-state index contributed by atoms with van der Waals surface area (Å²) in [6.45, 7) is 3.11. The molecular formula is C18H25ClIN3O3S2. The van der Waals surface area contributed by atoms with E-state index in [2.05, 4.69) is 10.3 Å². The molecule has 0 spiro atoms. The summed E-state index contributed by atoms with van der Waals surface area (Å²) in [5.41, 5.74) is 0.952. The highest BCUT2D eigenvalue weighted by molar-refractivity contribution is 14.0. The zero-order valence-corrected chi connectivity index (χ0v) is 20.4. The Bertz CT molecular complexity index is 861. The van der Waals surface area contributed by atoms with Gasteiger partial charge in [-0.15, -0.1) is 35.3 Å². The van der Waals surface area contributed by atoms with Crippen LogP contribution in [0.2, 0.25) is 5.02 Å². The highest BCUT2D eigenvalue weighted by Crippen LogP contribution is 2.18. The lowest BCUT2D eigenvalue weighted by Gasteiger charge is -2.23. The Kier molecular flexibility index (Phi) is 10.7. The maximum Gasteiger partial charge on any atom is 0.194 e. The number of nitrogens with one attached hydrogen (secondary N) is 1. The van der Waals surface area contributed by atoms with Crippen molar-refractivity contribution in [1.82, 2.24) is 10.2 Å². The van der Waals surface area contributed by atoms with Gasteiger partial charge in [0, 0.05) is 25.2 Å². The van der Waals surface area contributed by atoms with Crippen LogP contribution >= 0.6 is 46.9 Å². The Labute approximate surface area is 192 Å². The summed E-state index contributed by atoms with van der Waals surface area (Å²) in [5, 5.41) is 15.7. The first kappa shape index (κ1) is 25.2. The monoisotopic (exact) mass is 557 g/mol. The summed E-state index contributed by atoms with van der Waals surface area (Å²) in [6.07, 6.45) is -1.08. The number of nitrogens with zero attached hydrogens (tertiary/aromatic N) is 2. The molecule has 0 fully saturated rings. The van der Waals surface area contributed by atoms with E-state index in [1.165, 1.54) is 6.07 Å². The molecule has 0 aliphatic carbocycles. The van der Waals surface area contributed by atoms with E-state index in [1.54, 1.807) is 11.4 Å². The Morgan fingerprint density at radius 3 is 2.64 bits per heavy atom. The number of aliphatic imine (C=N–C) groups is 1. The fraction of sp³-hybridized carbons (Fsp3) is 0.389. The van der Waals surface area contributed by atoms with Crippen molar-refractivity contribution in [2.24, 2.45) is 4.99 Å². The SMILES string of the molecule is CCNC(=NCC(O)CS(=O)(=O)c1cccs1)N(C)Cc1ccccc1Cl.I.